The lowest BCUT2D eigenvalue weighted by Gasteiger charge is -2.18. The molecule has 1 N–H and O–H groups in total. The number of amides is 1. The lowest BCUT2D eigenvalue weighted by Crippen LogP contribution is -2.28. The largest absolute Gasteiger partial charge is 0.497 e. The molecule has 0 radical (unpaired) electrons. The fourth-order valence-corrected chi connectivity index (χ4v) is 2.52. The number of halogens is 1. The van der Waals surface area contributed by atoms with Crippen LogP contribution in [0.4, 0.5) is 4.79 Å². The number of rotatable bonds is 8. The van der Waals surface area contributed by atoms with Gasteiger partial charge in [-0.05, 0) is 29.7 Å². The quantitative estimate of drug-likeness (QED) is 0.577. The molecule has 26 heavy (non-hydrogen) atoms. The van der Waals surface area contributed by atoms with Crippen LogP contribution in [0.25, 0.3) is 0 Å². The average Bonchev–Trinajstić information content (AvgIpc) is 2.70. The molecule has 1 atom stereocenters. The number of hydrogen-bond donors (Lipinski definition) is 1. The number of carbonyl (C=O) groups excluding carboxylic acids is 1. The van der Waals surface area contributed by atoms with Crippen molar-refractivity contribution in [2.75, 3.05) is 7.11 Å². The van der Waals surface area contributed by atoms with Crippen LogP contribution in [0.2, 0.25) is 0 Å². The van der Waals surface area contributed by atoms with E-state index in [4.69, 9.17) is 9.47 Å². The van der Waals surface area contributed by atoms with Gasteiger partial charge in [-0.1, -0.05) is 77.1 Å². The van der Waals surface area contributed by atoms with Crippen molar-refractivity contribution < 1.29 is 14.3 Å². The van der Waals surface area contributed by atoms with E-state index in [0.717, 1.165) is 21.4 Å². The van der Waals surface area contributed by atoms with E-state index in [1.807, 2.05) is 60.7 Å². The van der Waals surface area contributed by atoms with Crippen molar-refractivity contribution in [2.45, 2.75) is 19.1 Å². The van der Waals surface area contributed by atoms with Crippen molar-refractivity contribution in [3.05, 3.63) is 88.9 Å². The summed E-state index contributed by atoms with van der Waals surface area (Å²) in [4.78, 5) is 12.2. The number of methoxy groups -OCH3 is 1. The number of hydrogen-bond acceptors (Lipinski definition) is 3. The zero-order chi connectivity index (χ0) is 18.8. The van der Waals surface area contributed by atoms with Crippen LogP contribution in [0, 0.1) is 0 Å². The molecule has 1 unspecified atom stereocenters. The zero-order valence-corrected chi connectivity index (χ0v) is 16.2. The summed E-state index contributed by atoms with van der Waals surface area (Å²) < 4.78 is 11.4. The molecule has 0 heterocycles. The number of nitrogens with one attached hydrogen (secondary N) is 1. The molecule has 0 spiro atoms. The maximum atomic E-state index is 12.2. The summed E-state index contributed by atoms with van der Waals surface area (Å²) in [6, 6.07) is 16.9. The molecule has 0 saturated carbocycles. The fraction of sp³-hybridized carbons (Fsp3) is 0.190. The van der Waals surface area contributed by atoms with Crippen molar-refractivity contribution in [3.8, 4) is 5.75 Å². The van der Waals surface area contributed by atoms with Crippen molar-refractivity contribution in [1.29, 1.82) is 0 Å². The van der Waals surface area contributed by atoms with Crippen LogP contribution in [0.5, 0.6) is 5.75 Å². The smallest absolute Gasteiger partial charge is 0.407 e. The fourth-order valence-electron chi connectivity index (χ4n) is 2.34. The van der Waals surface area contributed by atoms with E-state index in [9.17, 15) is 4.79 Å². The van der Waals surface area contributed by atoms with Gasteiger partial charge in [0.05, 0.1) is 13.2 Å². The summed E-state index contributed by atoms with van der Waals surface area (Å²) in [7, 11) is 1.62. The van der Waals surface area contributed by atoms with Gasteiger partial charge in [-0.2, -0.15) is 0 Å². The Bertz CT molecular complexity index is 742. The first-order chi connectivity index (χ1) is 12.6. The molecule has 0 fully saturated rings. The molecule has 2 aromatic carbocycles. The van der Waals surface area contributed by atoms with E-state index in [2.05, 4.69) is 27.8 Å². The highest BCUT2D eigenvalue weighted by Crippen LogP contribution is 2.22. The van der Waals surface area contributed by atoms with Crippen LogP contribution in [0.1, 0.15) is 23.6 Å². The van der Waals surface area contributed by atoms with Crippen molar-refractivity contribution >= 4 is 22.0 Å². The second kappa shape index (κ2) is 10.5. The molecule has 0 aliphatic rings. The highest BCUT2D eigenvalue weighted by Gasteiger charge is 2.15. The van der Waals surface area contributed by atoms with Gasteiger partial charge in [0.2, 0.25) is 0 Å². The van der Waals surface area contributed by atoms with E-state index < -0.39 is 6.09 Å². The minimum Gasteiger partial charge on any atom is -0.497 e. The predicted molar refractivity (Wildman–Crippen MR) is 107 cm³/mol. The Labute approximate surface area is 162 Å². The summed E-state index contributed by atoms with van der Waals surface area (Å²) in [5.41, 5.74) is 1.90. The highest BCUT2D eigenvalue weighted by molar-refractivity contribution is 9.11. The van der Waals surface area contributed by atoms with Gasteiger partial charge in [0.25, 0.3) is 0 Å². The molecule has 0 aliphatic heterocycles. The monoisotopic (exact) mass is 415 g/mol. The Morgan fingerprint density at radius 2 is 1.88 bits per heavy atom. The third kappa shape index (κ3) is 6.41. The Morgan fingerprint density at radius 3 is 2.50 bits per heavy atom. The van der Waals surface area contributed by atoms with E-state index in [1.54, 1.807) is 13.2 Å². The van der Waals surface area contributed by atoms with E-state index in [0.29, 0.717) is 6.42 Å². The maximum absolute atomic E-state index is 12.2. The lowest BCUT2D eigenvalue weighted by molar-refractivity contribution is 0.135. The molecule has 0 bridgehead atoms. The SMILES string of the molecule is C=C/C(Br)=C/CC(NC(=O)OCc1ccccc1)c1ccc(OC)cc1. The average molecular weight is 416 g/mol. The van der Waals surface area contributed by atoms with Crippen LogP contribution in [-0.2, 0) is 11.3 Å². The summed E-state index contributed by atoms with van der Waals surface area (Å²) in [5.74, 6) is 0.766. The highest BCUT2D eigenvalue weighted by atomic mass is 79.9. The molecule has 4 nitrogen and oxygen atoms in total. The predicted octanol–water partition coefficient (Wildman–Crippen LogP) is 5.52. The van der Waals surface area contributed by atoms with E-state index in [1.165, 1.54) is 0 Å². The first-order valence-electron chi connectivity index (χ1n) is 8.21. The van der Waals surface area contributed by atoms with Crippen LogP contribution in [0.3, 0.4) is 0 Å². The first kappa shape index (κ1) is 19.8. The number of allylic oxidation sites excluding steroid dienone is 2. The van der Waals surface area contributed by atoms with Crippen LogP contribution < -0.4 is 10.1 Å². The minimum atomic E-state index is -0.460. The molecule has 2 rings (SSSR count). The molecule has 1 amide bonds. The molecule has 2 aromatic rings. The topological polar surface area (TPSA) is 47.6 Å². The maximum Gasteiger partial charge on any atom is 0.407 e. The van der Waals surface area contributed by atoms with Gasteiger partial charge >= 0.3 is 6.09 Å². The summed E-state index contributed by atoms with van der Waals surface area (Å²) in [6.07, 6.45) is 3.80. The van der Waals surface area contributed by atoms with E-state index >= 15 is 0 Å². The van der Waals surface area contributed by atoms with E-state index in [-0.39, 0.29) is 12.6 Å². The zero-order valence-electron chi connectivity index (χ0n) is 14.7. The van der Waals surface area contributed by atoms with Gasteiger partial charge in [0.15, 0.2) is 0 Å². The minimum absolute atomic E-state index is 0.225. The van der Waals surface area contributed by atoms with Crippen molar-refractivity contribution in [1.82, 2.24) is 5.32 Å². The molecule has 136 valence electrons. The third-order valence-electron chi connectivity index (χ3n) is 3.77. The standard InChI is InChI=1S/C21H22BrNO3/c1-3-18(22)11-14-20(17-9-12-19(25-2)13-10-17)23-21(24)26-15-16-7-5-4-6-8-16/h3-13,20H,1,14-15H2,2H3,(H,23,24)/b18-11-. The lowest BCUT2D eigenvalue weighted by atomic mass is 10.0. The van der Waals surface area contributed by atoms with Gasteiger partial charge in [-0.3, -0.25) is 0 Å². The summed E-state index contributed by atoms with van der Waals surface area (Å²) in [6.45, 7) is 3.94. The number of benzene rings is 2. The molecule has 0 aliphatic carbocycles. The number of carbonyl (C=O) groups is 1. The Kier molecular flexibility index (Phi) is 7.96. The molecule has 0 aromatic heterocycles. The number of alkyl carbamates (subject to hydrolysis) is 1. The van der Waals surface area contributed by atoms with Gasteiger partial charge < -0.3 is 14.8 Å². The molecular formula is C21H22BrNO3. The molecular weight excluding hydrogens is 394 g/mol. The van der Waals surface area contributed by atoms with Gasteiger partial charge in [0, 0.05) is 4.48 Å². The Hall–Kier alpha value is -2.53. The van der Waals surface area contributed by atoms with Gasteiger partial charge in [-0.25, -0.2) is 4.79 Å². The van der Waals surface area contributed by atoms with Gasteiger partial charge in [-0.15, -0.1) is 0 Å². The summed E-state index contributed by atoms with van der Waals surface area (Å²) >= 11 is 3.41. The summed E-state index contributed by atoms with van der Waals surface area (Å²) in [5, 5.41) is 2.92. The Balaban J connectivity index is 2.04. The van der Waals surface area contributed by atoms with Gasteiger partial charge in [0.1, 0.15) is 12.4 Å². The van der Waals surface area contributed by atoms with Crippen LogP contribution in [0.15, 0.2) is 77.8 Å². The van der Waals surface area contributed by atoms with Crippen LogP contribution in [-0.4, -0.2) is 13.2 Å². The first-order valence-corrected chi connectivity index (χ1v) is 9.01. The normalized spacial score (nSPS) is 12.2. The second-order valence-corrected chi connectivity index (χ2v) is 6.48. The second-order valence-electron chi connectivity index (χ2n) is 5.56. The van der Waals surface area contributed by atoms with Crippen molar-refractivity contribution in [3.63, 3.8) is 0 Å². The van der Waals surface area contributed by atoms with Crippen molar-refractivity contribution in [2.24, 2.45) is 0 Å². The molecule has 5 heteroatoms. The number of ether oxygens (including phenoxy) is 2. The van der Waals surface area contributed by atoms with Crippen LogP contribution >= 0.6 is 15.9 Å². The Morgan fingerprint density at radius 1 is 1.19 bits per heavy atom. The third-order valence-corrected chi connectivity index (χ3v) is 4.41. The molecule has 0 saturated heterocycles.